The molecule has 0 saturated heterocycles. The first-order chi connectivity index (χ1) is 12.7. The first-order valence-electron chi connectivity index (χ1n) is 8.53. The Morgan fingerprint density at radius 3 is 2.67 bits per heavy atom. The topological polar surface area (TPSA) is 67.9 Å². The number of aliphatic imine (C=N–C) groups is 1. The fraction of sp³-hybridized carbons (Fsp3) is 0.300. The van der Waals surface area contributed by atoms with E-state index < -0.39 is 16.8 Å². The van der Waals surface area contributed by atoms with Crippen molar-refractivity contribution in [3.63, 3.8) is 0 Å². The van der Waals surface area contributed by atoms with Gasteiger partial charge in [-0.05, 0) is 35.9 Å². The predicted molar refractivity (Wildman–Crippen MR) is 102 cm³/mol. The van der Waals surface area contributed by atoms with Gasteiger partial charge in [0.05, 0.1) is 6.61 Å². The van der Waals surface area contributed by atoms with Crippen LogP contribution in [0, 0.1) is 11.2 Å². The highest BCUT2D eigenvalue weighted by atomic mass is 35.5. The first kappa shape index (κ1) is 17.8. The van der Waals surface area contributed by atoms with Crippen LogP contribution < -0.4 is 10.5 Å². The van der Waals surface area contributed by atoms with Gasteiger partial charge in [-0.25, -0.2) is 9.38 Å². The van der Waals surface area contributed by atoms with Crippen molar-refractivity contribution < 1.29 is 13.9 Å². The minimum absolute atomic E-state index is 0.153. The van der Waals surface area contributed by atoms with Crippen LogP contribution in [0.5, 0.6) is 5.75 Å². The summed E-state index contributed by atoms with van der Waals surface area (Å²) in [4.78, 5) is 19.2. The third kappa shape index (κ3) is 2.36. The van der Waals surface area contributed by atoms with E-state index in [9.17, 15) is 9.18 Å². The molecule has 2 aliphatic heterocycles. The van der Waals surface area contributed by atoms with Gasteiger partial charge in [-0.1, -0.05) is 31.5 Å². The molecule has 2 N–H and O–H groups in total. The molecule has 0 bridgehead atoms. The number of carbonyl (C=O) groups excluding carboxylic acids is 1. The van der Waals surface area contributed by atoms with Crippen LogP contribution in [-0.2, 0) is 10.3 Å². The smallest absolute Gasteiger partial charge is 0.262 e. The second-order valence-corrected chi connectivity index (χ2v) is 7.99. The molecule has 1 atom stereocenters. The number of rotatable bonds is 1. The van der Waals surface area contributed by atoms with Crippen molar-refractivity contribution >= 4 is 23.5 Å². The van der Waals surface area contributed by atoms with Crippen LogP contribution in [0.4, 0.5) is 4.39 Å². The van der Waals surface area contributed by atoms with E-state index in [1.165, 1.54) is 17.0 Å². The van der Waals surface area contributed by atoms with Crippen LogP contribution in [0.3, 0.4) is 0 Å². The maximum atomic E-state index is 14.4. The lowest BCUT2D eigenvalue weighted by atomic mass is 9.66. The van der Waals surface area contributed by atoms with Gasteiger partial charge in [0.15, 0.2) is 11.5 Å². The second-order valence-electron chi connectivity index (χ2n) is 7.55. The van der Waals surface area contributed by atoms with E-state index in [0.29, 0.717) is 34.1 Å². The van der Waals surface area contributed by atoms with Crippen LogP contribution in [0.2, 0.25) is 5.02 Å². The lowest BCUT2D eigenvalue weighted by Gasteiger charge is -2.44. The molecular formula is C20H19ClFN3O2. The van der Waals surface area contributed by atoms with Crippen molar-refractivity contribution in [3.05, 3.63) is 52.8 Å². The molecule has 2 aliphatic rings. The lowest BCUT2D eigenvalue weighted by Crippen LogP contribution is -2.53. The largest absolute Gasteiger partial charge is 0.493 e. The molecule has 0 aromatic heterocycles. The number of likely N-dealkylation sites (N-methyl/N-ethyl adjacent to an activating group) is 1. The van der Waals surface area contributed by atoms with Gasteiger partial charge in [0, 0.05) is 28.6 Å². The SMILES string of the molecule is CN1C(=O)C2(N=C1N)c1cc(-c3cc(Cl)ccc3F)ccc1OCC2(C)C. The molecule has 2 heterocycles. The number of amides is 1. The van der Waals surface area contributed by atoms with E-state index in [0.717, 1.165) is 0 Å². The Morgan fingerprint density at radius 1 is 1.26 bits per heavy atom. The van der Waals surface area contributed by atoms with Crippen molar-refractivity contribution in [2.24, 2.45) is 16.1 Å². The van der Waals surface area contributed by atoms with Crippen LogP contribution >= 0.6 is 11.6 Å². The second kappa shape index (κ2) is 5.70. The molecule has 2 aromatic rings. The number of hydrogen-bond acceptors (Lipinski definition) is 4. The Balaban J connectivity index is 1.98. The Morgan fingerprint density at radius 2 is 2.00 bits per heavy atom. The van der Waals surface area contributed by atoms with Crippen LogP contribution in [0.25, 0.3) is 11.1 Å². The Hall–Kier alpha value is -2.60. The molecule has 2 aromatic carbocycles. The molecule has 0 fully saturated rings. The predicted octanol–water partition coefficient (Wildman–Crippen LogP) is 3.55. The van der Waals surface area contributed by atoms with Gasteiger partial charge in [-0.2, -0.15) is 0 Å². The fourth-order valence-corrected chi connectivity index (χ4v) is 3.98. The van der Waals surface area contributed by atoms with Crippen molar-refractivity contribution in [3.8, 4) is 16.9 Å². The highest BCUT2D eigenvalue weighted by Gasteiger charge is 2.61. The average molecular weight is 388 g/mol. The lowest BCUT2D eigenvalue weighted by molar-refractivity contribution is -0.137. The van der Waals surface area contributed by atoms with Gasteiger partial charge in [0.2, 0.25) is 0 Å². The summed E-state index contributed by atoms with van der Waals surface area (Å²) in [5, 5.41) is 0.425. The maximum absolute atomic E-state index is 14.4. The number of nitrogens with zero attached hydrogens (tertiary/aromatic N) is 2. The monoisotopic (exact) mass is 387 g/mol. The summed E-state index contributed by atoms with van der Waals surface area (Å²) in [6.45, 7) is 4.13. The number of halogens is 2. The summed E-state index contributed by atoms with van der Waals surface area (Å²) in [6.07, 6.45) is 0. The molecule has 0 radical (unpaired) electrons. The molecule has 5 nitrogen and oxygen atoms in total. The van der Waals surface area contributed by atoms with E-state index in [2.05, 4.69) is 4.99 Å². The van der Waals surface area contributed by atoms with E-state index in [-0.39, 0.29) is 11.9 Å². The maximum Gasteiger partial charge on any atom is 0.262 e. The highest BCUT2D eigenvalue weighted by molar-refractivity contribution is 6.30. The molecule has 140 valence electrons. The van der Waals surface area contributed by atoms with Crippen LogP contribution in [-0.4, -0.2) is 30.4 Å². The van der Waals surface area contributed by atoms with E-state index >= 15 is 0 Å². The third-order valence-corrected chi connectivity index (χ3v) is 5.65. The molecule has 7 heteroatoms. The first-order valence-corrected chi connectivity index (χ1v) is 8.91. The normalized spacial score (nSPS) is 23.2. The number of nitrogens with two attached hydrogens (primary N) is 1. The fourth-order valence-electron chi connectivity index (χ4n) is 3.81. The van der Waals surface area contributed by atoms with Gasteiger partial charge in [0.25, 0.3) is 5.91 Å². The number of benzene rings is 2. The summed E-state index contributed by atoms with van der Waals surface area (Å²) in [5.74, 6) is 0.0708. The van der Waals surface area contributed by atoms with Crippen molar-refractivity contribution in [2.75, 3.05) is 13.7 Å². The molecule has 4 rings (SSSR count). The van der Waals surface area contributed by atoms with Gasteiger partial charge in [-0.3, -0.25) is 9.69 Å². The molecular weight excluding hydrogens is 369 g/mol. The van der Waals surface area contributed by atoms with Gasteiger partial charge >= 0.3 is 0 Å². The van der Waals surface area contributed by atoms with Crippen LogP contribution in [0.1, 0.15) is 19.4 Å². The summed E-state index contributed by atoms with van der Waals surface area (Å²) < 4.78 is 20.3. The van der Waals surface area contributed by atoms with Crippen LogP contribution in [0.15, 0.2) is 41.4 Å². The zero-order chi connectivity index (χ0) is 19.6. The minimum Gasteiger partial charge on any atom is -0.493 e. The molecule has 1 spiro atoms. The summed E-state index contributed by atoms with van der Waals surface area (Å²) in [7, 11) is 1.60. The average Bonchev–Trinajstić information content (AvgIpc) is 2.86. The zero-order valence-electron chi connectivity index (χ0n) is 15.2. The molecule has 1 unspecified atom stereocenters. The Labute approximate surface area is 161 Å². The van der Waals surface area contributed by atoms with E-state index in [1.807, 2.05) is 13.8 Å². The summed E-state index contributed by atoms with van der Waals surface area (Å²) >= 11 is 6.05. The molecule has 1 amide bonds. The van der Waals surface area contributed by atoms with Gasteiger partial charge in [-0.15, -0.1) is 0 Å². The van der Waals surface area contributed by atoms with Crippen molar-refractivity contribution in [1.82, 2.24) is 4.90 Å². The number of fused-ring (bicyclic) bond motifs is 2. The van der Waals surface area contributed by atoms with Crippen molar-refractivity contribution in [1.29, 1.82) is 0 Å². The van der Waals surface area contributed by atoms with Gasteiger partial charge in [0.1, 0.15) is 11.6 Å². The molecule has 0 saturated carbocycles. The van der Waals surface area contributed by atoms with E-state index in [1.54, 1.807) is 31.3 Å². The summed E-state index contributed by atoms with van der Waals surface area (Å²) in [6, 6.07) is 9.60. The summed E-state index contributed by atoms with van der Waals surface area (Å²) in [5.41, 5.74) is 5.64. The van der Waals surface area contributed by atoms with Gasteiger partial charge < -0.3 is 10.5 Å². The van der Waals surface area contributed by atoms with Crippen molar-refractivity contribution in [2.45, 2.75) is 19.4 Å². The quantitative estimate of drug-likeness (QED) is 0.813. The zero-order valence-corrected chi connectivity index (χ0v) is 16.0. The van der Waals surface area contributed by atoms with E-state index in [4.69, 9.17) is 22.1 Å². The standard InChI is InChI=1S/C20H19ClFN3O2/c1-19(2)10-27-16-7-4-11(13-9-12(21)5-6-15(13)22)8-14(16)20(19)17(26)25(3)18(23)24-20/h4-9H,10H2,1-3H3,(H2,23,24). The number of carbonyl (C=O) groups is 1. The number of ether oxygens (including phenoxy) is 1. The molecule has 27 heavy (non-hydrogen) atoms. The number of guanidine groups is 1. The Kier molecular flexibility index (Phi) is 3.75. The Bertz CT molecular complexity index is 1000. The molecule has 0 aliphatic carbocycles. The highest BCUT2D eigenvalue weighted by Crippen LogP contribution is 2.53. The minimum atomic E-state index is -1.22. The number of hydrogen-bond donors (Lipinski definition) is 1. The third-order valence-electron chi connectivity index (χ3n) is 5.42.